The summed E-state index contributed by atoms with van der Waals surface area (Å²) in [5, 5.41) is 0. The van der Waals surface area contributed by atoms with Crippen molar-refractivity contribution in [2.45, 2.75) is 49.1 Å². The smallest absolute Gasteiger partial charge is 0.133 e. The van der Waals surface area contributed by atoms with Crippen LogP contribution in [0.15, 0.2) is 40.8 Å². The zero-order valence-electron chi connectivity index (χ0n) is 11.2. The third-order valence-corrected chi connectivity index (χ3v) is 5.08. The Morgan fingerprint density at radius 2 is 2.11 bits per heavy atom. The van der Waals surface area contributed by atoms with E-state index in [0.717, 1.165) is 17.9 Å². The van der Waals surface area contributed by atoms with Gasteiger partial charge < -0.3 is 10.5 Å². The molecule has 3 rings (SSSR count). The molecule has 2 nitrogen and oxygen atoms in total. The minimum Gasteiger partial charge on any atom is -0.486 e. The van der Waals surface area contributed by atoms with Gasteiger partial charge in [-0.25, -0.2) is 0 Å². The Balaban J connectivity index is 1.71. The van der Waals surface area contributed by atoms with Gasteiger partial charge in [-0.1, -0.05) is 30.2 Å². The van der Waals surface area contributed by atoms with Gasteiger partial charge in [-0.15, -0.1) is 11.8 Å². The molecular weight excluding hydrogens is 254 g/mol. The summed E-state index contributed by atoms with van der Waals surface area (Å²) < 4.78 is 6.10. The molecule has 0 aromatic heterocycles. The SMILES string of the molecule is NC(C1=CCCCCC1)C1CSc2ccccc2O1. The lowest BCUT2D eigenvalue weighted by molar-refractivity contribution is 0.195. The van der Waals surface area contributed by atoms with Crippen LogP contribution in [-0.2, 0) is 0 Å². The highest BCUT2D eigenvalue weighted by atomic mass is 32.2. The summed E-state index contributed by atoms with van der Waals surface area (Å²) in [6.45, 7) is 0. The molecule has 0 radical (unpaired) electrons. The van der Waals surface area contributed by atoms with Crippen molar-refractivity contribution in [2.24, 2.45) is 5.73 Å². The summed E-state index contributed by atoms with van der Waals surface area (Å²) in [6, 6.07) is 8.30. The number of ether oxygens (including phenoxy) is 1. The van der Waals surface area contributed by atoms with Gasteiger partial charge in [0, 0.05) is 10.6 Å². The number of hydrogen-bond donors (Lipinski definition) is 1. The molecule has 1 aliphatic carbocycles. The van der Waals surface area contributed by atoms with Crippen molar-refractivity contribution < 1.29 is 4.74 Å². The van der Waals surface area contributed by atoms with E-state index < -0.39 is 0 Å². The maximum Gasteiger partial charge on any atom is 0.133 e. The third kappa shape index (κ3) is 2.98. The monoisotopic (exact) mass is 275 g/mol. The molecule has 0 spiro atoms. The standard InChI is InChI=1S/C16H21NOS/c17-16(12-7-3-1-2-4-8-12)14-11-19-15-10-6-5-9-13(15)18-14/h5-7,9-10,14,16H,1-4,8,11,17H2. The van der Waals surface area contributed by atoms with Crippen molar-refractivity contribution in [1.29, 1.82) is 0 Å². The van der Waals surface area contributed by atoms with Crippen molar-refractivity contribution in [3.05, 3.63) is 35.9 Å². The predicted molar refractivity (Wildman–Crippen MR) is 80.7 cm³/mol. The zero-order chi connectivity index (χ0) is 13.1. The molecule has 2 atom stereocenters. The van der Waals surface area contributed by atoms with Crippen LogP contribution in [0, 0.1) is 0 Å². The van der Waals surface area contributed by atoms with Crippen LogP contribution in [0.3, 0.4) is 0 Å². The number of hydrogen-bond acceptors (Lipinski definition) is 3. The average molecular weight is 275 g/mol. The maximum atomic E-state index is 6.44. The Labute approximate surface area is 119 Å². The fourth-order valence-corrected chi connectivity index (χ4v) is 3.85. The van der Waals surface area contributed by atoms with Gasteiger partial charge in [0.05, 0.1) is 6.04 Å². The number of nitrogens with two attached hydrogens (primary N) is 1. The lowest BCUT2D eigenvalue weighted by atomic mass is 9.98. The first-order valence-corrected chi connectivity index (χ1v) is 8.16. The van der Waals surface area contributed by atoms with Gasteiger partial charge in [0.2, 0.25) is 0 Å². The van der Waals surface area contributed by atoms with Crippen LogP contribution < -0.4 is 10.5 Å². The molecule has 0 bridgehead atoms. The first-order chi connectivity index (χ1) is 9.34. The molecule has 2 aliphatic rings. The molecule has 1 aromatic carbocycles. The minimum absolute atomic E-state index is 0.0546. The van der Waals surface area contributed by atoms with Crippen molar-refractivity contribution in [3.8, 4) is 5.75 Å². The third-order valence-electron chi connectivity index (χ3n) is 3.94. The first kappa shape index (κ1) is 13.1. The maximum absolute atomic E-state index is 6.44. The van der Waals surface area contributed by atoms with Crippen molar-refractivity contribution in [3.63, 3.8) is 0 Å². The van der Waals surface area contributed by atoms with Crippen LogP contribution in [0.2, 0.25) is 0 Å². The van der Waals surface area contributed by atoms with Gasteiger partial charge in [-0.2, -0.15) is 0 Å². The quantitative estimate of drug-likeness (QED) is 0.835. The molecule has 1 heterocycles. The normalized spacial score (nSPS) is 24.7. The van der Waals surface area contributed by atoms with Gasteiger partial charge in [-0.3, -0.25) is 0 Å². The minimum atomic E-state index is 0.0546. The average Bonchev–Trinajstić information content (AvgIpc) is 2.75. The van der Waals surface area contributed by atoms with E-state index in [0.29, 0.717) is 0 Å². The first-order valence-electron chi connectivity index (χ1n) is 7.17. The summed E-state index contributed by atoms with van der Waals surface area (Å²) in [6.07, 6.45) is 8.70. The highest BCUT2D eigenvalue weighted by Gasteiger charge is 2.28. The number of thioether (sulfide) groups is 1. The summed E-state index contributed by atoms with van der Waals surface area (Å²) >= 11 is 1.86. The van der Waals surface area contributed by atoms with Crippen molar-refractivity contribution in [2.75, 3.05) is 5.75 Å². The van der Waals surface area contributed by atoms with E-state index in [1.807, 2.05) is 23.9 Å². The fourth-order valence-electron chi connectivity index (χ4n) is 2.79. The number of benzene rings is 1. The van der Waals surface area contributed by atoms with Gasteiger partial charge in [0.15, 0.2) is 0 Å². The van der Waals surface area contributed by atoms with E-state index in [4.69, 9.17) is 10.5 Å². The Morgan fingerprint density at radius 1 is 1.21 bits per heavy atom. The fraction of sp³-hybridized carbons (Fsp3) is 0.500. The number of para-hydroxylation sites is 1. The molecular formula is C16H21NOS. The lowest BCUT2D eigenvalue weighted by Crippen LogP contribution is -2.43. The molecule has 2 unspecified atom stereocenters. The van der Waals surface area contributed by atoms with E-state index in [1.54, 1.807) is 0 Å². The Kier molecular flexibility index (Phi) is 4.14. The molecule has 3 heteroatoms. The number of rotatable bonds is 2. The predicted octanol–water partition coefficient (Wildman–Crippen LogP) is 3.76. The second-order valence-electron chi connectivity index (χ2n) is 5.32. The summed E-state index contributed by atoms with van der Waals surface area (Å²) in [7, 11) is 0. The van der Waals surface area contributed by atoms with Crippen LogP contribution in [0.4, 0.5) is 0 Å². The van der Waals surface area contributed by atoms with E-state index in [2.05, 4.69) is 18.2 Å². The summed E-state index contributed by atoms with van der Waals surface area (Å²) in [4.78, 5) is 1.24. The molecule has 1 aromatic rings. The van der Waals surface area contributed by atoms with E-state index in [1.165, 1.54) is 36.2 Å². The molecule has 19 heavy (non-hydrogen) atoms. The molecule has 0 amide bonds. The second kappa shape index (κ2) is 6.02. The van der Waals surface area contributed by atoms with Crippen LogP contribution in [-0.4, -0.2) is 17.9 Å². The van der Waals surface area contributed by atoms with Crippen LogP contribution in [0.1, 0.15) is 32.1 Å². The molecule has 102 valence electrons. The van der Waals surface area contributed by atoms with E-state index in [-0.39, 0.29) is 12.1 Å². The van der Waals surface area contributed by atoms with Crippen molar-refractivity contribution in [1.82, 2.24) is 0 Å². The topological polar surface area (TPSA) is 35.2 Å². The highest BCUT2D eigenvalue weighted by Crippen LogP contribution is 2.36. The number of allylic oxidation sites excluding steroid dienone is 1. The van der Waals surface area contributed by atoms with Gasteiger partial charge in [0.1, 0.15) is 11.9 Å². The van der Waals surface area contributed by atoms with Crippen LogP contribution in [0.25, 0.3) is 0 Å². The Morgan fingerprint density at radius 3 is 3.05 bits per heavy atom. The van der Waals surface area contributed by atoms with Gasteiger partial charge >= 0.3 is 0 Å². The Hall–Kier alpha value is -0.930. The molecule has 0 saturated carbocycles. The summed E-state index contributed by atoms with van der Waals surface area (Å²) in [5.41, 5.74) is 7.85. The van der Waals surface area contributed by atoms with Gasteiger partial charge in [-0.05, 0) is 37.8 Å². The van der Waals surface area contributed by atoms with E-state index in [9.17, 15) is 0 Å². The molecule has 2 N–H and O–H groups in total. The van der Waals surface area contributed by atoms with Crippen LogP contribution >= 0.6 is 11.8 Å². The van der Waals surface area contributed by atoms with Crippen molar-refractivity contribution >= 4 is 11.8 Å². The zero-order valence-corrected chi connectivity index (χ0v) is 12.0. The van der Waals surface area contributed by atoms with Gasteiger partial charge in [0.25, 0.3) is 0 Å². The molecule has 1 aliphatic heterocycles. The summed E-state index contributed by atoms with van der Waals surface area (Å²) in [5.74, 6) is 1.95. The largest absolute Gasteiger partial charge is 0.486 e. The van der Waals surface area contributed by atoms with Crippen LogP contribution in [0.5, 0.6) is 5.75 Å². The Bertz CT molecular complexity index is 472. The number of fused-ring (bicyclic) bond motifs is 1. The lowest BCUT2D eigenvalue weighted by Gasteiger charge is -2.31. The molecule has 0 saturated heterocycles. The van der Waals surface area contributed by atoms with E-state index >= 15 is 0 Å². The second-order valence-corrected chi connectivity index (χ2v) is 6.38. The highest BCUT2D eigenvalue weighted by molar-refractivity contribution is 7.99. The molecule has 0 fully saturated rings.